The Bertz CT molecular complexity index is 751. The molecule has 0 aliphatic heterocycles. The molecule has 1 heterocycles. The summed E-state index contributed by atoms with van der Waals surface area (Å²) < 4.78 is 1.16. The van der Waals surface area contributed by atoms with E-state index in [0.717, 1.165) is 20.5 Å². The lowest BCUT2D eigenvalue weighted by molar-refractivity contribution is 0.107. The lowest BCUT2D eigenvalue weighted by atomic mass is 10.0. The second-order valence-electron chi connectivity index (χ2n) is 5.83. The summed E-state index contributed by atoms with van der Waals surface area (Å²) in [6.07, 6.45) is -0.0884. The highest BCUT2D eigenvalue weighted by molar-refractivity contribution is 7.19. The molecule has 3 rings (SSSR count). The zero-order valence-electron chi connectivity index (χ0n) is 13.1. The van der Waals surface area contributed by atoms with Crippen molar-refractivity contribution in [3.05, 3.63) is 70.6 Å². The third-order valence-corrected chi connectivity index (χ3v) is 5.06. The van der Waals surface area contributed by atoms with Gasteiger partial charge in [-0.2, -0.15) is 0 Å². The molecular weight excluding hydrogens is 306 g/mol. The van der Waals surface area contributed by atoms with Crippen molar-refractivity contribution in [3.63, 3.8) is 0 Å². The predicted octanol–water partition coefficient (Wildman–Crippen LogP) is 3.39. The van der Waals surface area contributed by atoms with Gasteiger partial charge >= 0.3 is 0 Å². The first-order valence-electron chi connectivity index (χ1n) is 7.74. The minimum Gasteiger partial charge on any atom is -0.395 e. The fraction of sp³-hybridized carbons (Fsp3) is 0.263. The van der Waals surface area contributed by atoms with E-state index in [4.69, 9.17) is 0 Å². The highest BCUT2D eigenvalue weighted by atomic mass is 32.1. The summed E-state index contributed by atoms with van der Waals surface area (Å²) in [7, 11) is 0. The predicted molar refractivity (Wildman–Crippen MR) is 95.7 cm³/mol. The number of benzene rings is 2. The van der Waals surface area contributed by atoms with E-state index in [9.17, 15) is 10.2 Å². The molecule has 0 fully saturated rings. The van der Waals surface area contributed by atoms with Crippen LogP contribution in [-0.2, 0) is 6.42 Å². The SMILES string of the molecule is Cc1cccc(CC(CO)NC(O)c2cc3ccccc3s2)c1. The number of fused-ring (bicyclic) bond motifs is 1. The number of aryl methyl sites for hydroxylation is 1. The van der Waals surface area contributed by atoms with Gasteiger partial charge in [0.15, 0.2) is 0 Å². The van der Waals surface area contributed by atoms with Crippen LogP contribution in [0.1, 0.15) is 22.2 Å². The molecule has 120 valence electrons. The van der Waals surface area contributed by atoms with Gasteiger partial charge in [-0.05, 0) is 36.4 Å². The number of hydrogen-bond donors (Lipinski definition) is 3. The monoisotopic (exact) mass is 327 g/mol. The van der Waals surface area contributed by atoms with Crippen LogP contribution in [0.15, 0.2) is 54.6 Å². The summed E-state index contributed by atoms with van der Waals surface area (Å²) in [4.78, 5) is 0.869. The lowest BCUT2D eigenvalue weighted by Gasteiger charge is -2.20. The van der Waals surface area contributed by atoms with Gasteiger partial charge < -0.3 is 10.2 Å². The van der Waals surface area contributed by atoms with Gasteiger partial charge in [0.1, 0.15) is 6.23 Å². The molecule has 3 N–H and O–H groups in total. The first-order valence-corrected chi connectivity index (χ1v) is 8.56. The van der Waals surface area contributed by atoms with Crippen LogP contribution >= 0.6 is 11.3 Å². The number of rotatable bonds is 6. The third kappa shape index (κ3) is 3.98. The molecule has 0 amide bonds. The quantitative estimate of drug-likeness (QED) is 0.608. The molecule has 0 spiro atoms. The third-order valence-electron chi connectivity index (χ3n) is 3.89. The fourth-order valence-electron chi connectivity index (χ4n) is 2.74. The molecule has 0 aliphatic carbocycles. The fourth-order valence-corrected chi connectivity index (χ4v) is 3.75. The molecule has 23 heavy (non-hydrogen) atoms. The molecular formula is C19H21NO2S. The number of aliphatic hydroxyl groups is 2. The van der Waals surface area contributed by atoms with Crippen LogP contribution in [0.4, 0.5) is 0 Å². The average molecular weight is 327 g/mol. The zero-order chi connectivity index (χ0) is 16.2. The Hall–Kier alpha value is -1.72. The minimum atomic E-state index is -0.769. The summed E-state index contributed by atoms with van der Waals surface area (Å²) in [5, 5.41) is 24.3. The van der Waals surface area contributed by atoms with Gasteiger partial charge in [-0.3, -0.25) is 5.32 Å². The van der Waals surface area contributed by atoms with E-state index in [2.05, 4.69) is 24.4 Å². The van der Waals surface area contributed by atoms with E-state index in [1.54, 1.807) is 11.3 Å². The summed E-state index contributed by atoms with van der Waals surface area (Å²) >= 11 is 1.57. The van der Waals surface area contributed by atoms with Crippen LogP contribution in [0.5, 0.6) is 0 Å². The summed E-state index contributed by atoms with van der Waals surface area (Å²) in [5.74, 6) is 0. The average Bonchev–Trinajstić information content (AvgIpc) is 2.98. The van der Waals surface area contributed by atoms with Crippen molar-refractivity contribution in [1.82, 2.24) is 5.32 Å². The van der Waals surface area contributed by atoms with Crippen molar-refractivity contribution in [2.75, 3.05) is 6.61 Å². The van der Waals surface area contributed by atoms with E-state index in [1.165, 1.54) is 5.56 Å². The molecule has 2 unspecified atom stereocenters. The van der Waals surface area contributed by atoms with Crippen LogP contribution in [0.2, 0.25) is 0 Å². The van der Waals surface area contributed by atoms with Crippen LogP contribution in [0, 0.1) is 6.92 Å². The first kappa shape index (κ1) is 16.1. The van der Waals surface area contributed by atoms with E-state index in [-0.39, 0.29) is 12.6 Å². The Balaban J connectivity index is 1.70. The number of nitrogens with one attached hydrogen (secondary N) is 1. The molecule has 3 nitrogen and oxygen atoms in total. The maximum Gasteiger partial charge on any atom is 0.140 e. The Morgan fingerprint density at radius 2 is 1.91 bits per heavy atom. The molecule has 2 aromatic carbocycles. The van der Waals surface area contributed by atoms with Crippen LogP contribution in [-0.4, -0.2) is 22.9 Å². The minimum absolute atomic E-state index is 0.0180. The van der Waals surface area contributed by atoms with Crippen LogP contribution < -0.4 is 5.32 Å². The van der Waals surface area contributed by atoms with Gasteiger partial charge in [0.25, 0.3) is 0 Å². The van der Waals surface area contributed by atoms with E-state index in [0.29, 0.717) is 6.42 Å². The van der Waals surface area contributed by atoms with Gasteiger partial charge in [-0.15, -0.1) is 11.3 Å². The van der Waals surface area contributed by atoms with Crippen molar-refractivity contribution in [3.8, 4) is 0 Å². The summed E-state index contributed by atoms with van der Waals surface area (Å²) in [6.45, 7) is 2.03. The smallest absolute Gasteiger partial charge is 0.140 e. The summed E-state index contributed by atoms with van der Waals surface area (Å²) in [5.41, 5.74) is 2.35. The van der Waals surface area contributed by atoms with Crippen molar-refractivity contribution in [1.29, 1.82) is 0 Å². The van der Waals surface area contributed by atoms with Gasteiger partial charge in [0, 0.05) is 15.6 Å². The van der Waals surface area contributed by atoms with Gasteiger partial charge in [0.2, 0.25) is 0 Å². The number of thiophene rings is 1. The maximum absolute atomic E-state index is 10.4. The molecule has 3 aromatic rings. The largest absolute Gasteiger partial charge is 0.395 e. The molecule has 4 heteroatoms. The van der Waals surface area contributed by atoms with Crippen LogP contribution in [0.3, 0.4) is 0 Å². The van der Waals surface area contributed by atoms with Crippen molar-refractivity contribution in [2.24, 2.45) is 0 Å². The molecule has 2 atom stereocenters. The maximum atomic E-state index is 10.4. The highest BCUT2D eigenvalue weighted by Gasteiger charge is 2.16. The Morgan fingerprint density at radius 3 is 2.65 bits per heavy atom. The van der Waals surface area contributed by atoms with E-state index >= 15 is 0 Å². The second-order valence-corrected chi connectivity index (χ2v) is 6.94. The zero-order valence-corrected chi connectivity index (χ0v) is 13.9. The second kappa shape index (κ2) is 7.23. The van der Waals surface area contributed by atoms with E-state index < -0.39 is 6.23 Å². The molecule has 0 bridgehead atoms. The lowest BCUT2D eigenvalue weighted by Crippen LogP contribution is -2.37. The molecule has 0 saturated heterocycles. The van der Waals surface area contributed by atoms with Gasteiger partial charge in [-0.1, -0.05) is 48.0 Å². The Kier molecular flexibility index (Phi) is 5.08. The molecule has 0 radical (unpaired) electrons. The Morgan fingerprint density at radius 1 is 1.09 bits per heavy atom. The normalized spacial score (nSPS) is 14.0. The van der Waals surface area contributed by atoms with Crippen molar-refractivity contribution >= 4 is 21.4 Å². The molecule has 0 aliphatic rings. The van der Waals surface area contributed by atoms with Gasteiger partial charge in [-0.25, -0.2) is 0 Å². The molecule has 0 saturated carbocycles. The number of hydrogen-bond acceptors (Lipinski definition) is 4. The topological polar surface area (TPSA) is 52.5 Å². The summed E-state index contributed by atoms with van der Waals surface area (Å²) in [6, 6.07) is 18.1. The Labute approximate surface area is 140 Å². The highest BCUT2D eigenvalue weighted by Crippen LogP contribution is 2.29. The van der Waals surface area contributed by atoms with E-state index in [1.807, 2.05) is 42.5 Å². The van der Waals surface area contributed by atoms with Crippen LogP contribution in [0.25, 0.3) is 10.1 Å². The van der Waals surface area contributed by atoms with Gasteiger partial charge in [0.05, 0.1) is 6.61 Å². The first-order chi connectivity index (χ1) is 11.2. The van der Waals surface area contributed by atoms with Crippen molar-refractivity contribution in [2.45, 2.75) is 25.6 Å². The van der Waals surface area contributed by atoms with Crippen molar-refractivity contribution < 1.29 is 10.2 Å². The molecule has 1 aromatic heterocycles. The standard InChI is InChI=1S/C19H21NO2S/c1-13-5-4-6-14(9-13)10-16(12-21)20-19(22)18-11-15-7-2-3-8-17(15)23-18/h2-9,11,16,19-22H,10,12H2,1H3. The number of aliphatic hydroxyl groups excluding tert-OH is 2.